The number of para-hydroxylation sites is 1. The van der Waals surface area contributed by atoms with E-state index in [1.54, 1.807) is 19.0 Å². The summed E-state index contributed by atoms with van der Waals surface area (Å²) in [5.41, 5.74) is 0.817. The van der Waals surface area contributed by atoms with Gasteiger partial charge in [0.2, 0.25) is 5.91 Å². The van der Waals surface area contributed by atoms with Crippen LogP contribution in [0.2, 0.25) is 0 Å². The van der Waals surface area contributed by atoms with Crippen molar-refractivity contribution in [1.29, 1.82) is 0 Å². The molecule has 2 aliphatic heterocycles. The number of carbonyl (C=O) groups excluding carboxylic acids is 1. The average Bonchev–Trinajstić information content (AvgIpc) is 2.69. The summed E-state index contributed by atoms with van der Waals surface area (Å²) in [6.07, 6.45) is 4.34. The van der Waals surface area contributed by atoms with Gasteiger partial charge in [-0.3, -0.25) is 4.79 Å². The monoisotopic (exact) mass is 530 g/mol. The molecule has 30 heavy (non-hydrogen) atoms. The van der Waals surface area contributed by atoms with Gasteiger partial charge in [0.25, 0.3) is 0 Å². The molecule has 1 fully saturated rings. The topological polar surface area (TPSA) is 75.2 Å². The number of guanidine groups is 1. The summed E-state index contributed by atoms with van der Waals surface area (Å²) >= 11 is 0. The number of benzene rings is 1. The fraction of sp³-hybridized carbons (Fsp3) is 0.636. The molecule has 1 aromatic carbocycles. The third kappa shape index (κ3) is 7.01. The van der Waals surface area contributed by atoms with Crippen LogP contribution in [0.4, 0.5) is 0 Å². The second-order valence-corrected chi connectivity index (χ2v) is 8.62. The fourth-order valence-corrected chi connectivity index (χ4v) is 3.72. The van der Waals surface area contributed by atoms with Gasteiger partial charge >= 0.3 is 0 Å². The van der Waals surface area contributed by atoms with Gasteiger partial charge in [-0.25, -0.2) is 4.99 Å². The Morgan fingerprint density at radius 1 is 1.27 bits per heavy atom. The van der Waals surface area contributed by atoms with Crippen molar-refractivity contribution in [3.05, 3.63) is 29.8 Å². The zero-order valence-electron chi connectivity index (χ0n) is 18.4. The first-order valence-electron chi connectivity index (χ1n) is 10.5. The van der Waals surface area contributed by atoms with Crippen molar-refractivity contribution in [2.24, 2.45) is 4.99 Å². The van der Waals surface area contributed by atoms with Crippen LogP contribution < -0.4 is 15.4 Å². The molecule has 2 aliphatic rings. The maximum absolute atomic E-state index is 12.1. The van der Waals surface area contributed by atoms with Crippen molar-refractivity contribution in [2.75, 3.05) is 33.8 Å². The van der Waals surface area contributed by atoms with Gasteiger partial charge in [0, 0.05) is 39.2 Å². The molecule has 0 aromatic heterocycles. The lowest BCUT2D eigenvalue weighted by atomic mass is 9.90. The van der Waals surface area contributed by atoms with E-state index in [0.29, 0.717) is 12.5 Å². The minimum atomic E-state index is -0.289. The molecule has 3 rings (SSSR count). The summed E-state index contributed by atoms with van der Waals surface area (Å²) in [5.74, 6) is 1.49. The highest BCUT2D eigenvalue weighted by molar-refractivity contribution is 14.0. The summed E-state index contributed by atoms with van der Waals surface area (Å²) in [7, 11) is 3.48. The lowest BCUT2D eigenvalue weighted by molar-refractivity contribution is -0.127. The number of halogens is 1. The molecule has 1 aromatic rings. The summed E-state index contributed by atoms with van der Waals surface area (Å²) in [6, 6.07) is 8.13. The molecular weight excluding hydrogens is 495 g/mol. The first-order chi connectivity index (χ1) is 13.8. The number of aliphatic imine (C=N–C) groups is 1. The first kappa shape index (κ1) is 24.7. The third-order valence-electron chi connectivity index (χ3n) is 5.33. The molecule has 0 aliphatic carbocycles. The number of fused-ring (bicyclic) bond motifs is 1. The van der Waals surface area contributed by atoms with Crippen LogP contribution in [-0.4, -0.2) is 62.3 Å². The van der Waals surface area contributed by atoms with Crippen LogP contribution >= 0.6 is 24.0 Å². The van der Waals surface area contributed by atoms with Gasteiger partial charge < -0.3 is 25.0 Å². The largest absolute Gasteiger partial charge is 0.487 e. The lowest BCUT2D eigenvalue weighted by Crippen LogP contribution is -2.47. The molecule has 2 atom stereocenters. The molecule has 8 heteroatoms. The van der Waals surface area contributed by atoms with Gasteiger partial charge in [-0.1, -0.05) is 18.2 Å². The lowest BCUT2D eigenvalue weighted by Gasteiger charge is -2.38. The zero-order chi connectivity index (χ0) is 20.9. The Labute approximate surface area is 197 Å². The van der Waals surface area contributed by atoms with E-state index in [1.807, 2.05) is 18.2 Å². The maximum atomic E-state index is 12.1. The minimum Gasteiger partial charge on any atom is -0.487 e. The van der Waals surface area contributed by atoms with Crippen LogP contribution in [-0.2, 0) is 9.53 Å². The normalized spacial score (nSPS) is 22.7. The highest BCUT2D eigenvalue weighted by Gasteiger charge is 2.34. The van der Waals surface area contributed by atoms with E-state index in [0.717, 1.165) is 37.2 Å². The summed E-state index contributed by atoms with van der Waals surface area (Å²) in [5, 5.41) is 6.93. The standard InChI is InChI=1S/C22H34N4O3.HI/c1-22(2)13-18(17-10-5-6-11-19(17)29-22)25-21(24-15-20(27)26(3)4)23-14-16-9-7-8-12-28-16;/h5-6,10-11,16,18H,7-9,12-15H2,1-4H3,(H2,23,24,25);1H. The van der Waals surface area contributed by atoms with Gasteiger partial charge in [0.05, 0.1) is 12.1 Å². The van der Waals surface area contributed by atoms with Crippen molar-refractivity contribution >= 4 is 35.8 Å². The molecule has 2 heterocycles. The molecule has 1 amide bonds. The molecule has 2 unspecified atom stereocenters. The summed E-state index contributed by atoms with van der Waals surface area (Å²) < 4.78 is 12.0. The Morgan fingerprint density at radius 3 is 2.73 bits per heavy atom. The van der Waals surface area contributed by atoms with E-state index in [4.69, 9.17) is 9.47 Å². The van der Waals surface area contributed by atoms with Crippen LogP contribution in [0.3, 0.4) is 0 Å². The maximum Gasteiger partial charge on any atom is 0.243 e. The number of ether oxygens (including phenoxy) is 2. The van der Waals surface area contributed by atoms with Crippen molar-refractivity contribution in [1.82, 2.24) is 15.5 Å². The number of hydrogen-bond acceptors (Lipinski definition) is 4. The molecule has 168 valence electrons. The van der Waals surface area contributed by atoms with Crippen LogP contribution in [0.5, 0.6) is 5.75 Å². The Bertz CT molecular complexity index is 733. The Morgan fingerprint density at radius 2 is 2.03 bits per heavy atom. The van der Waals surface area contributed by atoms with Crippen molar-refractivity contribution < 1.29 is 14.3 Å². The number of carbonyl (C=O) groups is 1. The summed E-state index contributed by atoms with van der Waals surface area (Å²) in [6.45, 7) is 5.77. The summed E-state index contributed by atoms with van der Waals surface area (Å²) in [4.78, 5) is 18.2. The molecule has 1 saturated heterocycles. The van der Waals surface area contributed by atoms with Crippen LogP contribution in [0.15, 0.2) is 29.3 Å². The van der Waals surface area contributed by atoms with Gasteiger partial charge in [-0.2, -0.15) is 0 Å². The van der Waals surface area contributed by atoms with Crippen molar-refractivity contribution in [3.8, 4) is 5.75 Å². The fourth-order valence-electron chi connectivity index (χ4n) is 3.72. The average molecular weight is 530 g/mol. The highest BCUT2D eigenvalue weighted by atomic mass is 127. The Hall–Kier alpha value is -1.55. The molecule has 0 radical (unpaired) electrons. The number of hydrogen-bond donors (Lipinski definition) is 2. The smallest absolute Gasteiger partial charge is 0.243 e. The van der Waals surface area contributed by atoms with Crippen LogP contribution in [0.1, 0.15) is 51.1 Å². The van der Waals surface area contributed by atoms with E-state index in [9.17, 15) is 4.79 Å². The molecule has 2 N–H and O–H groups in total. The minimum absolute atomic E-state index is 0. The van der Waals surface area contributed by atoms with Gasteiger partial charge in [-0.05, 0) is 39.2 Å². The highest BCUT2D eigenvalue weighted by Crippen LogP contribution is 2.39. The first-order valence-corrected chi connectivity index (χ1v) is 10.5. The van der Waals surface area contributed by atoms with Crippen LogP contribution in [0, 0.1) is 0 Å². The van der Waals surface area contributed by atoms with Gasteiger partial charge in [0.15, 0.2) is 5.96 Å². The Balaban J connectivity index is 0.00000320. The molecule has 0 saturated carbocycles. The van der Waals surface area contributed by atoms with Gasteiger partial charge in [0.1, 0.15) is 17.9 Å². The third-order valence-corrected chi connectivity index (χ3v) is 5.33. The van der Waals surface area contributed by atoms with E-state index in [-0.39, 0.29) is 54.2 Å². The number of likely N-dealkylation sites (N-methyl/N-ethyl adjacent to an activating group) is 1. The van der Waals surface area contributed by atoms with Gasteiger partial charge in [-0.15, -0.1) is 24.0 Å². The SMILES string of the molecule is CN(C)C(=O)CN=C(NCC1CCCCO1)NC1CC(C)(C)Oc2ccccc21.I. The number of amides is 1. The second kappa shape index (κ2) is 11.2. The van der Waals surface area contributed by atoms with E-state index in [2.05, 4.69) is 35.5 Å². The van der Waals surface area contributed by atoms with Crippen molar-refractivity contribution in [3.63, 3.8) is 0 Å². The number of nitrogens with one attached hydrogen (secondary N) is 2. The molecule has 0 bridgehead atoms. The number of nitrogens with zero attached hydrogens (tertiary/aromatic N) is 2. The van der Waals surface area contributed by atoms with Crippen molar-refractivity contribution in [2.45, 2.75) is 57.3 Å². The molecule has 7 nitrogen and oxygen atoms in total. The Kier molecular flexibility index (Phi) is 9.21. The van der Waals surface area contributed by atoms with E-state index >= 15 is 0 Å². The second-order valence-electron chi connectivity index (χ2n) is 8.62. The quantitative estimate of drug-likeness (QED) is 0.348. The van der Waals surface area contributed by atoms with E-state index < -0.39 is 0 Å². The zero-order valence-corrected chi connectivity index (χ0v) is 20.8. The molecular formula is C22H35IN4O3. The predicted molar refractivity (Wildman–Crippen MR) is 130 cm³/mol. The van der Waals surface area contributed by atoms with E-state index in [1.165, 1.54) is 6.42 Å². The number of rotatable bonds is 5. The molecule has 0 spiro atoms. The van der Waals surface area contributed by atoms with Crippen LogP contribution in [0.25, 0.3) is 0 Å². The predicted octanol–water partition coefficient (Wildman–Crippen LogP) is 3.10.